The number of rotatable bonds is 8. The van der Waals surface area contributed by atoms with E-state index in [-0.39, 0.29) is 6.10 Å². The fourth-order valence-corrected chi connectivity index (χ4v) is 1.73. The van der Waals surface area contributed by atoms with Crippen LogP contribution in [0.1, 0.15) is 26.7 Å². The van der Waals surface area contributed by atoms with Gasteiger partial charge in [-0.2, -0.15) is 0 Å². The van der Waals surface area contributed by atoms with Crippen LogP contribution in [0.5, 0.6) is 11.5 Å². The van der Waals surface area contributed by atoms with E-state index in [0.29, 0.717) is 6.61 Å². The molecule has 0 bridgehead atoms. The number of hydrogen-bond acceptors (Lipinski definition) is 3. The second-order valence-corrected chi connectivity index (χ2v) is 3.99. The van der Waals surface area contributed by atoms with Gasteiger partial charge in [0, 0.05) is 6.54 Å². The predicted octanol–water partition coefficient (Wildman–Crippen LogP) is 2.85. The first-order chi connectivity index (χ1) is 8.30. The van der Waals surface area contributed by atoms with Gasteiger partial charge in [-0.3, -0.25) is 0 Å². The quantitative estimate of drug-likeness (QED) is 0.754. The molecule has 3 nitrogen and oxygen atoms in total. The molecule has 1 unspecified atom stereocenters. The molecule has 3 heteroatoms. The van der Waals surface area contributed by atoms with Gasteiger partial charge in [-0.05, 0) is 44.7 Å². The molecule has 0 aliphatic rings. The Balaban J connectivity index is 2.53. The molecule has 1 aromatic carbocycles. The zero-order valence-electron chi connectivity index (χ0n) is 11.0. The van der Waals surface area contributed by atoms with E-state index < -0.39 is 0 Å². The summed E-state index contributed by atoms with van der Waals surface area (Å²) in [7, 11) is 1.95. The zero-order chi connectivity index (χ0) is 12.5. The summed E-state index contributed by atoms with van der Waals surface area (Å²) in [6, 6.07) is 7.81. The highest BCUT2D eigenvalue weighted by atomic mass is 16.5. The Morgan fingerprint density at radius 2 is 1.76 bits per heavy atom. The van der Waals surface area contributed by atoms with E-state index in [0.717, 1.165) is 30.9 Å². The summed E-state index contributed by atoms with van der Waals surface area (Å²) < 4.78 is 11.3. The molecule has 0 saturated heterocycles. The van der Waals surface area contributed by atoms with Crippen molar-refractivity contribution in [3.05, 3.63) is 24.3 Å². The van der Waals surface area contributed by atoms with E-state index in [1.54, 1.807) is 0 Å². The standard InChI is InChI=1S/C14H23NO2/c1-4-6-14(11-15-3)17-13-9-7-12(8-10-13)16-5-2/h7-10,14-15H,4-6,11H2,1-3H3. The van der Waals surface area contributed by atoms with Crippen LogP contribution in [0.4, 0.5) is 0 Å². The lowest BCUT2D eigenvalue weighted by atomic mass is 10.2. The molecule has 0 aliphatic heterocycles. The SMILES string of the molecule is CCCC(CNC)Oc1ccc(OCC)cc1. The maximum atomic E-state index is 5.91. The molecule has 0 aromatic heterocycles. The summed E-state index contributed by atoms with van der Waals surface area (Å²) in [5.41, 5.74) is 0. The van der Waals surface area contributed by atoms with Gasteiger partial charge in [0.05, 0.1) is 6.61 Å². The van der Waals surface area contributed by atoms with Gasteiger partial charge in [-0.25, -0.2) is 0 Å². The van der Waals surface area contributed by atoms with Crippen molar-refractivity contribution >= 4 is 0 Å². The molecule has 0 fully saturated rings. The van der Waals surface area contributed by atoms with Crippen LogP contribution in [-0.2, 0) is 0 Å². The first-order valence-electron chi connectivity index (χ1n) is 6.34. The second kappa shape index (κ2) is 7.96. The Hall–Kier alpha value is -1.22. The summed E-state index contributed by atoms with van der Waals surface area (Å²) in [6.07, 6.45) is 2.43. The number of hydrogen-bond donors (Lipinski definition) is 1. The summed E-state index contributed by atoms with van der Waals surface area (Å²) in [4.78, 5) is 0. The van der Waals surface area contributed by atoms with Crippen molar-refractivity contribution in [2.75, 3.05) is 20.2 Å². The lowest BCUT2D eigenvalue weighted by molar-refractivity contribution is 0.189. The van der Waals surface area contributed by atoms with Gasteiger partial charge in [-0.1, -0.05) is 13.3 Å². The van der Waals surface area contributed by atoms with Crippen LogP contribution in [-0.4, -0.2) is 26.3 Å². The summed E-state index contributed by atoms with van der Waals surface area (Å²) in [5, 5.41) is 3.15. The van der Waals surface area contributed by atoms with Crippen LogP contribution in [0.2, 0.25) is 0 Å². The summed E-state index contributed by atoms with van der Waals surface area (Å²) in [6.45, 7) is 5.72. The van der Waals surface area contributed by atoms with Crippen molar-refractivity contribution in [2.45, 2.75) is 32.8 Å². The van der Waals surface area contributed by atoms with Crippen molar-refractivity contribution in [1.82, 2.24) is 5.32 Å². The zero-order valence-corrected chi connectivity index (χ0v) is 11.0. The van der Waals surface area contributed by atoms with Gasteiger partial charge in [0.15, 0.2) is 0 Å². The van der Waals surface area contributed by atoms with Crippen LogP contribution in [0.15, 0.2) is 24.3 Å². The highest BCUT2D eigenvalue weighted by Crippen LogP contribution is 2.19. The lowest BCUT2D eigenvalue weighted by Gasteiger charge is -2.18. The normalized spacial score (nSPS) is 12.2. The second-order valence-electron chi connectivity index (χ2n) is 3.99. The molecule has 0 radical (unpaired) electrons. The average Bonchev–Trinajstić information content (AvgIpc) is 2.33. The fraction of sp³-hybridized carbons (Fsp3) is 0.571. The van der Waals surface area contributed by atoms with Gasteiger partial charge in [-0.15, -0.1) is 0 Å². The van der Waals surface area contributed by atoms with Gasteiger partial charge in [0.1, 0.15) is 17.6 Å². The third-order valence-corrected chi connectivity index (χ3v) is 2.48. The molecule has 96 valence electrons. The molecule has 1 N–H and O–H groups in total. The largest absolute Gasteiger partial charge is 0.494 e. The van der Waals surface area contributed by atoms with Crippen molar-refractivity contribution in [3.8, 4) is 11.5 Å². The average molecular weight is 237 g/mol. The molecular weight excluding hydrogens is 214 g/mol. The van der Waals surface area contributed by atoms with Crippen molar-refractivity contribution in [3.63, 3.8) is 0 Å². The number of benzene rings is 1. The minimum Gasteiger partial charge on any atom is -0.494 e. The van der Waals surface area contributed by atoms with E-state index in [9.17, 15) is 0 Å². The van der Waals surface area contributed by atoms with E-state index in [1.807, 2.05) is 38.2 Å². The van der Waals surface area contributed by atoms with Gasteiger partial charge < -0.3 is 14.8 Å². The smallest absolute Gasteiger partial charge is 0.120 e. The van der Waals surface area contributed by atoms with Crippen LogP contribution >= 0.6 is 0 Å². The molecule has 1 atom stereocenters. The third kappa shape index (κ3) is 5.09. The van der Waals surface area contributed by atoms with Gasteiger partial charge in [0.2, 0.25) is 0 Å². The minimum absolute atomic E-state index is 0.239. The molecule has 1 aromatic rings. The Kier molecular flexibility index (Phi) is 6.48. The van der Waals surface area contributed by atoms with E-state index in [4.69, 9.17) is 9.47 Å². The topological polar surface area (TPSA) is 30.5 Å². The Labute approximate surface area is 104 Å². The third-order valence-electron chi connectivity index (χ3n) is 2.48. The molecule has 0 saturated carbocycles. The first kappa shape index (κ1) is 13.8. The van der Waals surface area contributed by atoms with Crippen molar-refractivity contribution in [2.24, 2.45) is 0 Å². The van der Waals surface area contributed by atoms with E-state index in [2.05, 4.69) is 12.2 Å². The van der Waals surface area contributed by atoms with Crippen molar-refractivity contribution in [1.29, 1.82) is 0 Å². The Morgan fingerprint density at radius 1 is 1.12 bits per heavy atom. The molecular formula is C14H23NO2. The molecule has 0 spiro atoms. The Morgan fingerprint density at radius 3 is 2.29 bits per heavy atom. The molecule has 17 heavy (non-hydrogen) atoms. The lowest BCUT2D eigenvalue weighted by Crippen LogP contribution is -2.28. The fourth-order valence-electron chi connectivity index (χ4n) is 1.73. The van der Waals surface area contributed by atoms with Crippen LogP contribution in [0.3, 0.4) is 0 Å². The maximum absolute atomic E-state index is 5.91. The van der Waals surface area contributed by atoms with Crippen molar-refractivity contribution < 1.29 is 9.47 Å². The highest BCUT2D eigenvalue weighted by Gasteiger charge is 2.08. The van der Waals surface area contributed by atoms with Crippen LogP contribution in [0, 0.1) is 0 Å². The highest BCUT2D eigenvalue weighted by molar-refractivity contribution is 5.31. The number of ether oxygens (including phenoxy) is 2. The molecule has 0 heterocycles. The molecule has 0 amide bonds. The van der Waals surface area contributed by atoms with Gasteiger partial charge >= 0.3 is 0 Å². The van der Waals surface area contributed by atoms with Crippen LogP contribution in [0.25, 0.3) is 0 Å². The molecule has 0 aliphatic carbocycles. The maximum Gasteiger partial charge on any atom is 0.120 e. The first-order valence-corrected chi connectivity index (χ1v) is 6.34. The monoisotopic (exact) mass is 237 g/mol. The van der Waals surface area contributed by atoms with E-state index in [1.165, 1.54) is 0 Å². The minimum atomic E-state index is 0.239. The Bertz CT molecular complexity index is 292. The van der Waals surface area contributed by atoms with E-state index >= 15 is 0 Å². The molecule has 1 rings (SSSR count). The summed E-state index contributed by atoms with van der Waals surface area (Å²) in [5.74, 6) is 1.79. The summed E-state index contributed by atoms with van der Waals surface area (Å²) >= 11 is 0. The predicted molar refractivity (Wildman–Crippen MR) is 70.9 cm³/mol. The number of nitrogens with one attached hydrogen (secondary N) is 1. The number of likely N-dealkylation sites (N-methyl/N-ethyl adjacent to an activating group) is 1. The van der Waals surface area contributed by atoms with Gasteiger partial charge in [0.25, 0.3) is 0 Å². The van der Waals surface area contributed by atoms with Crippen LogP contribution < -0.4 is 14.8 Å².